The van der Waals surface area contributed by atoms with E-state index in [4.69, 9.17) is 6.42 Å². The SMILES string of the molecule is C#CC(CCC)NC(=O)c1c(O)cccc1O. The molecule has 1 aromatic carbocycles. The summed E-state index contributed by atoms with van der Waals surface area (Å²) in [6, 6.07) is 3.72. The molecule has 0 aliphatic rings. The van der Waals surface area contributed by atoms with Gasteiger partial charge in [0.15, 0.2) is 0 Å². The molecule has 0 saturated heterocycles. The van der Waals surface area contributed by atoms with Crippen molar-refractivity contribution in [2.75, 3.05) is 0 Å². The Morgan fingerprint density at radius 1 is 1.47 bits per heavy atom. The zero-order valence-electron chi connectivity index (χ0n) is 9.60. The third-order valence-corrected chi connectivity index (χ3v) is 2.33. The summed E-state index contributed by atoms with van der Waals surface area (Å²) in [4.78, 5) is 11.8. The molecule has 17 heavy (non-hydrogen) atoms. The van der Waals surface area contributed by atoms with Crippen molar-refractivity contribution >= 4 is 5.91 Å². The number of phenolic OH excluding ortho intramolecular Hbond substituents is 2. The number of hydrogen-bond donors (Lipinski definition) is 3. The standard InChI is InChI=1S/C13H15NO3/c1-3-6-9(4-2)14-13(17)12-10(15)7-5-8-11(12)16/h2,5,7-9,15-16H,3,6H2,1H3,(H,14,17). The summed E-state index contributed by atoms with van der Waals surface area (Å²) in [6.45, 7) is 1.95. The summed E-state index contributed by atoms with van der Waals surface area (Å²) in [5.41, 5.74) is -0.149. The van der Waals surface area contributed by atoms with Crippen LogP contribution in [0.3, 0.4) is 0 Å². The van der Waals surface area contributed by atoms with Crippen molar-refractivity contribution in [1.29, 1.82) is 0 Å². The van der Waals surface area contributed by atoms with E-state index in [0.717, 1.165) is 6.42 Å². The summed E-state index contributed by atoms with van der Waals surface area (Å²) in [5, 5.41) is 21.6. The van der Waals surface area contributed by atoms with Crippen LogP contribution in [0.15, 0.2) is 18.2 Å². The normalized spacial score (nSPS) is 11.5. The molecule has 0 aromatic heterocycles. The fourth-order valence-electron chi connectivity index (χ4n) is 1.48. The second-order valence-electron chi connectivity index (χ2n) is 3.65. The van der Waals surface area contributed by atoms with E-state index in [-0.39, 0.29) is 17.1 Å². The minimum atomic E-state index is -0.572. The average Bonchev–Trinajstić information content (AvgIpc) is 2.28. The van der Waals surface area contributed by atoms with Gasteiger partial charge in [-0.15, -0.1) is 6.42 Å². The maximum Gasteiger partial charge on any atom is 0.259 e. The zero-order chi connectivity index (χ0) is 12.8. The first-order valence-electron chi connectivity index (χ1n) is 5.38. The van der Waals surface area contributed by atoms with Crippen LogP contribution in [0.25, 0.3) is 0 Å². The van der Waals surface area contributed by atoms with E-state index in [0.29, 0.717) is 6.42 Å². The Labute approximate surface area is 100 Å². The van der Waals surface area contributed by atoms with E-state index in [9.17, 15) is 15.0 Å². The lowest BCUT2D eigenvalue weighted by atomic mass is 10.1. The van der Waals surface area contributed by atoms with Crippen molar-refractivity contribution in [2.45, 2.75) is 25.8 Å². The maximum absolute atomic E-state index is 11.8. The molecule has 1 atom stereocenters. The largest absolute Gasteiger partial charge is 0.507 e. The lowest BCUT2D eigenvalue weighted by molar-refractivity contribution is 0.0939. The van der Waals surface area contributed by atoms with Crippen LogP contribution in [-0.2, 0) is 0 Å². The first kappa shape index (κ1) is 12.9. The van der Waals surface area contributed by atoms with E-state index in [1.807, 2.05) is 6.92 Å². The zero-order valence-corrected chi connectivity index (χ0v) is 9.60. The molecule has 4 nitrogen and oxygen atoms in total. The number of benzene rings is 1. The van der Waals surface area contributed by atoms with Crippen LogP contribution in [0.4, 0.5) is 0 Å². The van der Waals surface area contributed by atoms with Crippen LogP contribution < -0.4 is 5.32 Å². The van der Waals surface area contributed by atoms with Gasteiger partial charge < -0.3 is 15.5 Å². The molecule has 0 fully saturated rings. The topological polar surface area (TPSA) is 69.6 Å². The van der Waals surface area contributed by atoms with Gasteiger partial charge in [-0.25, -0.2) is 0 Å². The molecule has 1 unspecified atom stereocenters. The number of nitrogens with one attached hydrogen (secondary N) is 1. The summed E-state index contributed by atoms with van der Waals surface area (Å²) >= 11 is 0. The molecular formula is C13H15NO3. The molecule has 90 valence electrons. The Hall–Kier alpha value is -2.15. The van der Waals surface area contributed by atoms with E-state index < -0.39 is 11.9 Å². The van der Waals surface area contributed by atoms with Crippen molar-refractivity contribution in [3.05, 3.63) is 23.8 Å². The quantitative estimate of drug-likeness (QED) is 0.692. The number of rotatable bonds is 4. The monoisotopic (exact) mass is 233 g/mol. The first-order valence-corrected chi connectivity index (χ1v) is 5.38. The lowest BCUT2D eigenvalue weighted by Gasteiger charge is -2.13. The van der Waals surface area contributed by atoms with Gasteiger partial charge in [-0.2, -0.15) is 0 Å². The Kier molecular flexibility index (Phi) is 4.41. The molecule has 0 saturated carbocycles. The summed E-state index contributed by atoms with van der Waals surface area (Å²) in [7, 11) is 0. The van der Waals surface area contributed by atoms with Gasteiger partial charge in [0, 0.05) is 0 Å². The third kappa shape index (κ3) is 3.15. The third-order valence-electron chi connectivity index (χ3n) is 2.33. The Bertz CT molecular complexity index is 428. The Balaban J connectivity index is 2.87. The number of carbonyl (C=O) groups excluding carboxylic acids is 1. The van der Waals surface area contributed by atoms with Gasteiger partial charge in [0.05, 0.1) is 6.04 Å². The highest BCUT2D eigenvalue weighted by Crippen LogP contribution is 2.26. The smallest absolute Gasteiger partial charge is 0.259 e. The molecule has 0 aliphatic heterocycles. The van der Waals surface area contributed by atoms with E-state index in [2.05, 4.69) is 11.2 Å². The van der Waals surface area contributed by atoms with Crippen molar-refractivity contribution in [3.63, 3.8) is 0 Å². The van der Waals surface area contributed by atoms with Gasteiger partial charge in [-0.1, -0.05) is 25.3 Å². The maximum atomic E-state index is 11.8. The highest BCUT2D eigenvalue weighted by molar-refractivity contribution is 5.99. The van der Waals surface area contributed by atoms with Crippen LogP contribution >= 0.6 is 0 Å². The highest BCUT2D eigenvalue weighted by atomic mass is 16.3. The molecule has 0 spiro atoms. The fourth-order valence-corrected chi connectivity index (χ4v) is 1.48. The van der Waals surface area contributed by atoms with Crippen LogP contribution in [0, 0.1) is 12.3 Å². The van der Waals surface area contributed by atoms with Crippen molar-refractivity contribution in [3.8, 4) is 23.8 Å². The molecule has 4 heteroatoms. The number of phenols is 2. The van der Waals surface area contributed by atoms with Crippen LogP contribution in [0.5, 0.6) is 11.5 Å². The molecule has 0 bridgehead atoms. The van der Waals surface area contributed by atoms with Crippen LogP contribution in [0.2, 0.25) is 0 Å². The van der Waals surface area contributed by atoms with Crippen molar-refractivity contribution < 1.29 is 15.0 Å². The van der Waals surface area contributed by atoms with E-state index in [1.165, 1.54) is 18.2 Å². The van der Waals surface area contributed by atoms with E-state index >= 15 is 0 Å². The average molecular weight is 233 g/mol. The predicted molar refractivity (Wildman–Crippen MR) is 64.8 cm³/mol. The lowest BCUT2D eigenvalue weighted by Crippen LogP contribution is -2.33. The number of terminal acetylenes is 1. The molecule has 0 heterocycles. The number of amides is 1. The van der Waals surface area contributed by atoms with Crippen molar-refractivity contribution in [2.24, 2.45) is 0 Å². The van der Waals surface area contributed by atoms with Crippen LogP contribution in [0.1, 0.15) is 30.1 Å². The molecule has 1 aromatic rings. The number of aromatic hydroxyl groups is 2. The van der Waals surface area contributed by atoms with Gasteiger partial charge in [-0.05, 0) is 18.6 Å². The Morgan fingerprint density at radius 2 is 2.06 bits per heavy atom. The molecule has 1 amide bonds. The minimum Gasteiger partial charge on any atom is -0.507 e. The van der Waals surface area contributed by atoms with Gasteiger partial charge in [0.2, 0.25) is 0 Å². The number of carbonyl (C=O) groups is 1. The molecule has 1 rings (SSSR count). The molecule has 3 N–H and O–H groups in total. The summed E-state index contributed by atoms with van der Waals surface area (Å²) in [6.07, 6.45) is 6.76. The Morgan fingerprint density at radius 3 is 2.53 bits per heavy atom. The summed E-state index contributed by atoms with van der Waals surface area (Å²) < 4.78 is 0. The highest BCUT2D eigenvalue weighted by Gasteiger charge is 2.18. The van der Waals surface area contributed by atoms with Gasteiger partial charge >= 0.3 is 0 Å². The number of hydrogen-bond acceptors (Lipinski definition) is 3. The van der Waals surface area contributed by atoms with E-state index in [1.54, 1.807) is 0 Å². The second kappa shape index (κ2) is 5.80. The summed E-state index contributed by atoms with van der Waals surface area (Å²) in [5.74, 6) is 1.34. The molecular weight excluding hydrogens is 218 g/mol. The molecule has 0 radical (unpaired) electrons. The predicted octanol–water partition coefficient (Wildman–Crippen LogP) is 1.63. The van der Waals surface area contributed by atoms with Crippen molar-refractivity contribution in [1.82, 2.24) is 5.32 Å². The van der Waals surface area contributed by atoms with Gasteiger partial charge in [-0.3, -0.25) is 4.79 Å². The second-order valence-corrected chi connectivity index (χ2v) is 3.65. The molecule has 0 aliphatic carbocycles. The van der Waals surface area contributed by atoms with Crippen LogP contribution in [-0.4, -0.2) is 22.2 Å². The van der Waals surface area contributed by atoms with Gasteiger partial charge in [0.25, 0.3) is 5.91 Å². The fraction of sp³-hybridized carbons (Fsp3) is 0.308. The minimum absolute atomic E-state index is 0.149. The first-order chi connectivity index (χ1) is 8.10. The van der Waals surface area contributed by atoms with Gasteiger partial charge in [0.1, 0.15) is 17.1 Å².